The number of esters is 1. The largest absolute Gasteiger partial charge is 0.464 e. The number of aryl methyl sites for hydroxylation is 1. The number of benzene rings is 3. The van der Waals surface area contributed by atoms with Crippen LogP contribution in [-0.4, -0.2) is 27.1 Å². The highest BCUT2D eigenvalue weighted by atomic mass is 32.2. The molecule has 0 aliphatic carbocycles. The fraction of sp³-hybridized carbons (Fsp3) is 0.269. The first-order valence-corrected chi connectivity index (χ1v) is 12.2. The quantitative estimate of drug-likeness (QED) is 0.288. The van der Waals surface area contributed by atoms with Crippen molar-refractivity contribution in [1.82, 2.24) is 0 Å². The Labute approximate surface area is 190 Å². The number of hydrogen-bond acceptors (Lipinski definition) is 5. The van der Waals surface area contributed by atoms with Gasteiger partial charge in [-0.3, -0.25) is 4.18 Å². The Morgan fingerprint density at radius 1 is 0.875 bits per heavy atom. The van der Waals surface area contributed by atoms with E-state index in [-0.39, 0.29) is 17.9 Å². The molecular weight excluding hydrogens is 424 g/mol. The van der Waals surface area contributed by atoms with E-state index in [2.05, 4.69) is 0 Å². The van der Waals surface area contributed by atoms with Gasteiger partial charge in [-0.1, -0.05) is 85.8 Å². The number of carbonyl (C=O) groups is 1. The van der Waals surface area contributed by atoms with E-state index in [4.69, 9.17) is 8.92 Å². The molecule has 3 aromatic rings. The highest BCUT2D eigenvalue weighted by Crippen LogP contribution is 2.29. The van der Waals surface area contributed by atoms with Gasteiger partial charge in [-0.15, -0.1) is 0 Å². The molecule has 0 aliphatic rings. The van der Waals surface area contributed by atoms with Gasteiger partial charge in [0, 0.05) is 5.56 Å². The zero-order valence-corrected chi connectivity index (χ0v) is 19.0. The van der Waals surface area contributed by atoms with E-state index < -0.39 is 22.2 Å². The maximum absolute atomic E-state index is 13.2. The topological polar surface area (TPSA) is 69.7 Å². The van der Waals surface area contributed by atoms with Crippen molar-refractivity contribution in [3.8, 4) is 11.1 Å². The maximum Gasteiger partial charge on any atom is 0.336 e. The average molecular weight is 453 g/mol. The van der Waals surface area contributed by atoms with Crippen molar-refractivity contribution in [3.63, 3.8) is 0 Å². The summed E-state index contributed by atoms with van der Waals surface area (Å²) >= 11 is 0. The molecule has 5 nitrogen and oxygen atoms in total. The first-order valence-electron chi connectivity index (χ1n) is 10.8. The minimum absolute atomic E-state index is 0.0301. The first kappa shape index (κ1) is 23.7. The lowest BCUT2D eigenvalue weighted by Crippen LogP contribution is -2.30. The summed E-state index contributed by atoms with van der Waals surface area (Å²) in [5.74, 6) is -0.652. The van der Waals surface area contributed by atoms with Crippen LogP contribution < -0.4 is 0 Å². The third kappa shape index (κ3) is 6.52. The van der Waals surface area contributed by atoms with Gasteiger partial charge < -0.3 is 4.74 Å². The summed E-state index contributed by atoms with van der Waals surface area (Å²) in [6.45, 7) is 2.10. The molecule has 0 saturated carbocycles. The van der Waals surface area contributed by atoms with Crippen LogP contribution in [0, 0.1) is 0 Å². The molecule has 168 valence electrons. The second kappa shape index (κ2) is 11.6. The zero-order chi connectivity index (χ0) is 22.8. The van der Waals surface area contributed by atoms with E-state index in [1.165, 1.54) is 6.07 Å². The Balaban J connectivity index is 1.80. The Morgan fingerprint density at radius 2 is 1.50 bits per heavy atom. The molecule has 3 aromatic carbocycles. The normalized spacial score (nSPS) is 12.3. The van der Waals surface area contributed by atoms with Crippen LogP contribution >= 0.6 is 0 Å². The molecule has 0 spiro atoms. The van der Waals surface area contributed by atoms with Crippen molar-refractivity contribution in [1.29, 1.82) is 0 Å². The molecule has 1 atom stereocenters. The average Bonchev–Trinajstić information content (AvgIpc) is 2.83. The molecule has 6 heteroatoms. The minimum Gasteiger partial charge on any atom is -0.464 e. The van der Waals surface area contributed by atoms with Gasteiger partial charge >= 0.3 is 5.97 Å². The van der Waals surface area contributed by atoms with Gasteiger partial charge in [0.2, 0.25) is 0 Å². The van der Waals surface area contributed by atoms with Crippen molar-refractivity contribution in [2.45, 2.75) is 43.6 Å². The monoisotopic (exact) mass is 452 g/mol. The Bertz CT molecular complexity index is 1100. The minimum atomic E-state index is -4.20. The molecule has 0 amide bonds. The van der Waals surface area contributed by atoms with Crippen molar-refractivity contribution in [2.75, 3.05) is 6.61 Å². The van der Waals surface area contributed by atoms with Crippen LogP contribution in [0.2, 0.25) is 0 Å². The van der Waals surface area contributed by atoms with Crippen LogP contribution in [0.4, 0.5) is 0 Å². The van der Waals surface area contributed by atoms with Crippen molar-refractivity contribution in [3.05, 3.63) is 90.5 Å². The van der Waals surface area contributed by atoms with Crippen molar-refractivity contribution < 1.29 is 22.1 Å². The second-order valence-electron chi connectivity index (χ2n) is 7.45. The van der Waals surface area contributed by atoms with Crippen molar-refractivity contribution in [2.24, 2.45) is 0 Å². The fourth-order valence-corrected chi connectivity index (χ4v) is 4.67. The summed E-state index contributed by atoms with van der Waals surface area (Å²) in [4.78, 5) is 12.6. The van der Waals surface area contributed by atoms with Gasteiger partial charge in [0.25, 0.3) is 10.1 Å². The third-order valence-corrected chi connectivity index (χ3v) is 6.35. The highest BCUT2D eigenvalue weighted by molar-refractivity contribution is 7.87. The van der Waals surface area contributed by atoms with Gasteiger partial charge in [-0.25, -0.2) is 4.79 Å². The van der Waals surface area contributed by atoms with Crippen molar-refractivity contribution >= 4 is 16.1 Å². The lowest BCUT2D eigenvalue weighted by molar-refractivity contribution is -0.152. The molecule has 0 aromatic heterocycles. The molecular formula is C26H28O5S. The smallest absolute Gasteiger partial charge is 0.336 e. The third-order valence-electron chi connectivity index (χ3n) is 4.97. The molecule has 0 radical (unpaired) electrons. The van der Waals surface area contributed by atoms with Gasteiger partial charge in [0.1, 0.15) is 4.90 Å². The SMILES string of the molecule is CCCOC(=O)[C@@H](CCCc1ccccc1)OS(=O)(=O)c1ccccc1-c1ccccc1. The Kier molecular flexibility index (Phi) is 8.59. The highest BCUT2D eigenvalue weighted by Gasteiger charge is 2.30. The maximum atomic E-state index is 13.2. The van der Waals surface area contributed by atoms with Crippen LogP contribution in [-0.2, 0) is 30.3 Å². The molecule has 0 bridgehead atoms. The summed E-state index contributed by atoms with van der Waals surface area (Å²) in [6, 6.07) is 25.7. The summed E-state index contributed by atoms with van der Waals surface area (Å²) < 4.78 is 37.1. The first-order chi connectivity index (χ1) is 15.5. The zero-order valence-electron chi connectivity index (χ0n) is 18.1. The molecule has 0 aliphatic heterocycles. The molecule has 0 unspecified atom stereocenters. The van der Waals surface area contributed by atoms with Crippen LogP contribution in [0.15, 0.2) is 89.8 Å². The summed E-state index contributed by atoms with van der Waals surface area (Å²) in [6.07, 6.45) is 0.990. The van der Waals surface area contributed by atoms with Crippen LogP contribution in [0.25, 0.3) is 11.1 Å². The summed E-state index contributed by atoms with van der Waals surface area (Å²) in [5.41, 5.74) is 2.40. The molecule has 0 saturated heterocycles. The number of carbonyl (C=O) groups excluding carboxylic acids is 1. The predicted octanol–water partition coefficient (Wildman–Crippen LogP) is 5.40. The standard InChI is InChI=1S/C26H28O5S/c1-2-20-30-26(27)24(18-11-14-21-12-5-3-6-13-21)31-32(28,29)25-19-10-9-17-23(25)22-15-7-4-8-16-22/h3-10,12-13,15-17,19,24H,2,11,14,18,20H2,1H3/t24-/m1/s1. The number of rotatable bonds is 11. The molecule has 32 heavy (non-hydrogen) atoms. The van der Waals surface area contributed by atoms with E-state index in [1.54, 1.807) is 18.2 Å². The summed E-state index contributed by atoms with van der Waals surface area (Å²) in [7, 11) is -4.20. The van der Waals surface area contributed by atoms with Gasteiger partial charge in [0.15, 0.2) is 6.10 Å². The van der Waals surface area contributed by atoms with Crippen LogP contribution in [0.5, 0.6) is 0 Å². The second-order valence-corrected chi connectivity index (χ2v) is 8.99. The van der Waals surface area contributed by atoms with E-state index in [1.807, 2.05) is 67.6 Å². The number of hydrogen-bond donors (Lipinski definition) is 0. The van der Waals surface area contributed by atoms with E-state index in [0.29, 0.717) is 24.8 Å². The van der Waals surface area contributed by atoms with Crippen LogP contribution in [0.1, 0.15) is 31.7 Å². The predicted molar refractivity (Wildman–Crippen MR) is 125 cm³/mol. The Morgan fingerprint density at radius 3 is 2.19 bits per heavy atom. The van der Waals surface area contributed by atoms with Gasteiger partial charge in [0.05, 0.1) is 6.61 Å². The molecule has 0 heterocycles. The summed E-state index contributed by atoms with van der Waals surface area (Å²) in [5, 5.41) is 0. The van der Waals surface area contributed by atoms with E-state index >= 15 is 0 Å². The molecule has 3 rings (SSSR count). The van der Waals surface area contributed by atoms with E-state index in [9.17, 15) is 13.2 Å². The lowest BCUT2D eigenvalue weighted by atomic mass is 10.1. The van der Waals surface area contributed by atoms with E-state index in [0.717, 1.165) is 11.1 Å². The fourth-order valence-electron chi connectivity index (χ4n) is 3.38. The Hall–Kier alpha value is -2.96. The van der Waals surface area contributed by atoms with Crippen LogP contribution in [0.3, 0.4) is 0 Å². The molecule has 0 fully saturated rings. The van der Waals surface area contributed by atoms with Gasteiger partial charge in [-0.05, 0) is 42.9 Å². The van der Waals surface area contributed by atoms with Gasteiger partial charge in [-0.2, -0.15) is 8.42 Å². The lowest BCUT2D eigenvalue weighted by Gasteiger charge is -2.18. The molecule has 0 N–H and O–H groups in total. The number of ether oxygens (including phenoxy) is 1.